The highest BCUT2D eigenvalue weighted by atomic mass is 79.9. The van der Waals surface area contributed by atoms with Crippen LogP contribution in [0.25, 0.3) is 0 Å². The molecule has 2 aromatic rings. The van der Waals surface area contributed by atoms with E-state index in [1.54, 1.807) is 6.07 Å². The smallest absolute Gasteiger partial charge is 0.244 e. The van der Waals surface area contributed by atoms with Crippen LogP contribution in [0.2, 0.25) is 0 Å². The Morgan fingerprint density at radius 1 is 1.32 bits per heavy atom. The third-order valence-corrected chi connectivity index (χ3v) is 2.95. The molecule has 0 aliphatic carbocycles. The van der Waals surface area contributed by atoms with Gasteiger partial charge in [-0.1, -0.05) is 28.1 Å². The Bertz CT molecular complexity index is 588. The van der Waals surface area contributed by atoms with Crippen LogP contribution < -0.4 is 5.43 Å². The number of carbonyl (C=O) groups excluding carboxylic acids is 1. The van der Waals surface area contributed by atoms with Gasteiger partial charge in [-0.3, -0.25) is 4.79 Å². The summed E-state index contributed by atoms with van der Waals surface area (Å²) < 4.78 is 6.28. The Hall–Kier alpha value is -1.88. The summed E-state index contributed by atoms with van der Waals surface area (Å²) in [6, 6.07) is 11.2. The minimum Gasteiger partial charge on any atom is -0.460 e. The summed E-state index contributed by atoms with van der Waals surface area (Å²) in [5.74, 6) is 1.26. The number of furan rings is 1. The minimum atomic E-state index is -0.165. The van der Waals surface area contributed by atoms with E-state index in [4.69, 9.17) is 4.42 Å². The van der Waals surface area contributed by atoms with Gasteiger partial charge in [-0.05, 0) is 36.8 Å². The van der Waals surface area contributed by atoms with Crippen molar-refractivity contribution in [2.24, 2.45) is 5.10 Å². The average molecular weight is 321 g/mol. The third kappa shape index (κ3) is 4.37. The van der Waals surface area contributed by atoms with E-state index in [-0.39, 0.29) is 5.91 Å². The standard InChI is InChI=1S/C14H13BrN2O2/c1-10-2-7-13(19-10)9-16-17-14(18)8-11-3-5-12(15)6-4-11/h2-7,9H,8H2,1H3,(H,17,18). The van der Waals surface area contributed by atoms with Gasteiger partial charge in [-0.25, -0.2) is 5.43 Å². The van der Waals surface area contributed by atoms with E-state index >= 15 is 0 Å². The van der Waals surface area contributed by atoms with Gasteiger partial charge in [-0.2, -0.15) is 5.10 Å². The van der Waals surface area contributed by atoms with Crippen LogP contribution >= 0.6 is 15.9 Å². The quantitative estimate of drug-likeness (QED) is 0.695. The van der Waals surface area contributed by atoms with Crippen molar-refractivity contribution in [1.29, 1.82) is 0 Å². The van der Waals surface area contributed by atoms with Crippen LogP contribution in [0.4, 0.5) is 0 Å². The number of halogens is 1. The van der Waals surface area contributed by atoms with Crippen LogP contribution in [0.15, 0.2) is 50.4 Å². The van der Waals surface area contributed by atoms with Gasteiger partial charge in [0.25, 0.3) is 0 Å². The van der Waals surface area contributed by atoms with Crippen molar-refractivity contribution in [3.63, 3.8) is 0 Å². The van der Waals surface area contributed by atoms with E-state index in [1.165, 1.54) is 6.21 Å². The predicted molar refractivity (Wildman–Crippen MR) is 77.0 cm³/mol. The number of aryl methyl sites for hydroxylation is 1. The first-order valence-corrected chi connectivity index (χ1v) is 6.55. The molecule has 5 heteroatoms. The van der Waals surface area contributed by atoms with Crippen molar-refractivity contribution in [3.8, 4) is 0 Å². The number of hydrogen-bond donors (Lipinski definition) is 1. The molecular weight excluding hydrogens is 308 g/mol. The van der Waals surface area contributed by atoms with Gasteiger partial charge in [-0.15, -0.1) is 0 Å². The van der Waals surface area contributed by atoms with Crippen LogP contribution in [-0.4, -0.2) is 12.1 Å². The van der Waals surface area contributed by atoms with Crippen LogP contribution in [0, 0.1) is 6.92 Å². The van der Waals surface area contributed by atoms with Crippen molar-refractivity contribution < 1.29 is 9.21 Å². The Morgan fingerprint density at radius 2 is 2.05 bits per heavy atom. The van der Waals surface area contributed by atoms with Crippen LogP contribution in [0.3, 0.4) is 0 Å². The maximum Gasteiger partial charge on any atom is 0.244 e. The molecule has 0 radical (unpaired) electrons. The SMILES string of the molecule is Cc1ccc(C=NNC(=O)Cc2ccc(Br)cc2)o1. The van der Waals surface area contributed by atoms with Gasteiger partial charge in [0.05, 0.1) is 12.6 Å². The summed E-state index contributed by atoms with van der Waals surface area (Å²) in [4.78, 5) is 11.6. The second-order valence-electron chi connectivity index (χ2n) is 4.04. The molecule has 0 saturated carbocycles. The van der Waals surface area contributed by atoms with E-state index in [2.05, 4.69) is 26.5 Å². The highest BCUT2D eigenvalue weighted by molar-refractivity contribution is 9.10. The van der Waals surface area contributed by atoms with Crippen LogP contribution in [0.1, 0.15) is 17.1 Å². The van der Waals surface area contributed by atoms with Crippen molar-refractivity contribution in [1.82, 2.24) is 5.43 Å². The summed E-state index contributed by atoms with van der Waals surface area (Å²) in [5, 5.41) is 3.84. The molecule has 98 valence electrons. The normalized spacial score (nSPS) is 10.8. The Balaban J connectivity index is 1.84. The maximum atomic E-state index is 11.6. The topological polar surface area (TPSA) is 54.6 Å². The number of hydrogen-bond acceptors (Lipinski definition) is 3. The number of nitrogens with one attached hydrogen (secondary N) is 1. The van der Waals surface area contributed by atoms with E-state index in [0.717, 1.165) is 15.8 Å². The number of rotatable bonds is 4. The molecule has 0 unspecified atom stereocenters. The molecule has 1 aromatic carbocycles. The van der Waals surface area contributed by atoms with Gasteiger partial charge in [0.2, 0.25) is 5.91 Å². The lowest BCUT2D eigenvalue weighted by atomic mass is 10.1. The highest BCUT2D eigenvalue weighted by Crippen LogP contribution is 2.10. The molecule has 0 aliphatic rings. The maximum absolute atomic E-state index is 11.6. The molecule has 1 N–H and O–H groups in total. The van der Waals surface area contributed by atoms with E-state index in [0.29, 0.717) is 12.2 Å². The van der Waals surface area contributed by atoms with Crippen molar-refractivity contribution in [2.75, 3.05) is 0 Å². The van der Waals surface area contributed by atoms with Gasteiger partial charge >= 0.3 is 0 Å². The molecule has 1 heterocycles. The van der Waals surface area contributed by atoms with Crippen molar-refractivity contribution in [2.45, 2.75) is 13.3 Å². The molecule has 0 saturated heterocycles. The first-order valence-electron chi connectivity index (χ1n) is 5.76. The Labute approximate surface area is 119 Å². The molecule has 0 fully saturated rings. The lowest BCUT2D eigenvalue weighted by Gasteiger charge is -2.00. The molecule has 0 atom stereocenters. The molecule has 19 heavy (non-hydrogen) atoms. The average Bonchev–Trinajstić information content (AvgIpc) is 2.78. The zero-order valence-electron chi connectivity index (χ0n) is 10.4. The summed E-state index contributed by atoms with van der Waals surface area (Å²) >= 11 is 3.35. The van der Waals surface area contributed by atoms with E-state index in [1.807, 2.05) is 37.3 Å². The molecular formula is C14H13BrN2O2. The van der Waals surface area contributed by atoms with Crippen molar-refractivity contribution in [3.05, 3.63) is 58.0 Å². The number of benzene rings is 1. The zero-order chi connectivity index (χ0) is 13.7. The molecule has 4 nitrogen and oxygen atoms in total. The monoisotopic (exact) mass is 320 g/mol. The lowest BCUT2D eigenvalue weighted by Crippen LogP contribution is -2.19. The Kier molecular flexibility index (Phi) is 4.52. The van der Waals surface area contributed by atoms with Gasteiger partial charge < -0.3 is 4.42 Å². The number of nitrogens with zero attached hydrogens (tertiary/aromatic N) is 1. The fourth-order valence-corrected chi connectivity index (χ4v) is 1.78. The number of carbonyl (C=O) groups is 1. The van der Waals surface area contributed by atoms with Gasteiger partial charge in [0.15, 0.2) is 0 Å². The van der Waals surface area contributed by atoms with Crippen LogP contribution in [-0.2, 0) is 11.2 Å². The third-order valence-electron chi connectivity index (χ3n) is 2.42. The zero-order valence-corrected chi connectivity index (χ0v) is 12.0. The van der Waals surface area contributed by atoms with Gasteiger partial charge in [0, 0.05) is 4.47 Å². The predicted octanol–water partition coefficient (Wildman–Crippen LogP) is 3.04. The van der Waals surface area contributed by atoms with Crippen LogP contribution in [0.5, 0.6) is 0 Å². The molecule has 2 rings (SSSR count). The summed E-state index contributed by atoms with van der Waals surface area (Å²) in [7, 11) is 0. The molecule has 1 aromatic heterocycles. The Morgan fingerprint density at radius 3 is 2.68 bits per heavy atom. The lowest BCUT2D eigenvalue weighted by molar-refractivity contribution is -0.120. The largest absolute Gasteiger partial charge is 0.460 e. The van der Waals surface area contributed by atoms with Crippen molar-refractivity contribution >= 4 is 28.1 Å². The first kappa shape index (κ1) is 13.5. The molecule has 0 spiro atoms. The van der Waals surface area contributed by atoms with E-state index < -0.39 is 0 Å². The fraction of sp³-hybridized carbons (Fsp3) is 0.143. The summed E-state index contributed by atoms with van der Waals surface area (Å²) in [5.41, 5.74) is 3.40. The number of amides is 1. The fourth-order valence-electron chi connectivity index (χ4n) is 1.52. The first-order chi connectivity index (χ1) is 9.13. The molecule has 0 aliphatic heterocycles. The molecule has 0 bridgehead atoms. The summed E-state index contributed by atoms with van der Waals surface area (Å²) in [6.07, 6.45) is 1.77. The van der Waals surface area contributed by atoms with Gasteiger partial charge in [0.1, 0.15) is 11.5 Å². The minimum absolute atomic E-state index is 0.165. The molecule has 1 amide bonds. The second kappa shape index (κ2) is 6.33. The summed E-state index contributed by atoms with van der Waals surface area (Å²) in [6.45, 7) is 1.85. The number of hydrazone groups is 1. The highest BCUT2D eigenvalue weighted by Gasteiger charge is 2.02. The van der Waals surface area contributed by atoms with E-state index in [9.17, 15) is 4.79 Å². The second-order valence-corrected chi connectivity index (χ2v) is 4.96.